The number of nitrogens with one attached hydrogen (secondary N) is 1. The van der Waals surface area contributed by atoms with Gasteiger partial charge < -0.3 is 9.97 Å². The lowest BCUT2D eigenvalue weighted by Gasteiger charge is -2.24. The van der Waals surface area contributed by atoms with Gasteiger partial charge in [-0.05, 0) is 23.5 Å². The van der Waals surface area contributed by atoms with Gasteiger partial charge in [0, 0.05) is 6.54 Å². The molecule has 0 aromatic heterocycles. The average molecular weight is 315 g/mol. The molecule has 0 aliphatic heterocycles. The van der Waals surface area contributed by atoms with Crippen LogP contribution in [0.4, 0.5) is 0 Å². The van der Waals surface area contributed by atoms with Crippen LogP contribution in [0.1, 0.15) is 11.7 Å². The Kier molecular flexibility index (Phi) is 5.83. The van der Waals surface area contributed by atoms with Gasteiger partial charge in [0.2, 0.25) is 0 Å². The number of benzene rings is 3. The Morgan fingerprint density at radius 1 is 0.750 bits per heavy atom. The summed E-state index contributed by atoms with van der Waals surface area (Å²) in [4.78, 5) is 0. The molecule has 0 unspecified atom stereocenters. The van der Waals surface area contributed by atoms with Crippen molar-refractivity contribution >= 4 is 17.8 Å². The molecule has 24 heavy (non-hydrogen) atoms. The highest BCUT2D eigenvalue weighted by Crippen LogP contribution is 2.17. The molecule has 0 aliphatic carbocycles. The lowest BCUT2D eigenvalue weighted by Crippen LogP contribution is -2.46. The Balaban J connectivity index is 1.93. The van der Waals surface area contributed by atoms with Crippen molar-refractivity contribution in [3.05, 3.63) is 96.6 Å². The molecule has 120 valence electrons. The minimum absolute atomic E-state index is 0.0124. The zero-order valence-corrected chi connectivity index (χ0v) is 13.9. The lowest BCUT2D eigenvalue weighted by atomic mass is 9.55. The zero-order valence-electron chi connectivity index (χ0n) is 13.9. The summed E-state index contributed by atoms with van der Waals surface area (Å²) in [6.07, 6.45) is -0.0124. The lowest BCUT2D eigenvalue weighted by molar-refractivity contribution is 0.213. The third kappa shape index (κ3) is 4.13. The van der Waals surface area contributed by atoms with Crippen LogP contribution in [0.2, 0.25) is 0 Å². The molecule has 0 heterocycles. The van der Waals surface area contributed by atoms with Crippen molar-refractivity contribution in [3.8, 4) is 0 Å². The molecule has 3 rings (SSSR count). The van der Waals surface area contributed by atoms with Gasteiger partial charge in [-0.15, -0.1) is 0 Å². The van der Waals surface area contributed by atoms with Crippen molar-refractivity contribution in [2.75, 3.05) is 13.6 Å². The van der Waals surface area contributed by atoms with Crippen LogP contribution in [-0.4, -0.2) is 20.5 Å². The third-order valence-corrected chi connectivity index (χ3v) is 4.07. The average Bonchev–Trinajstić information content (AvgIpc) is 2.67. The van der Waals surface area contributed by atoms with Gasteiger partial charge in [0.1, 0.15) is 0 Å². The molecule has 2 nitrogen and oxygen atoms in total. The molecule has 0 saturated carbocycles. The van der Waals surface area contributed by atoms with Crippen LogP contribution in [0.15, 0.2) is 91.0 Å². The summed E-state index contributed by atoms with van der Waals surface area (Å²) < 4.78 is 6.59. The van der Waals surface area contributed by atoms with Gasteiger partial charge in [-0.1, -0.05) is 91.0 Å². The van der Waals surface area contributed by atoms with Crippen molar-refractivity contribution in [2.24, 2.45) is 0 Å². The van der Waals surface area contributed by atoms with E-state index in [1.165, 1.54) is 16.5 Å². The minimum atomic E-state index is -0.0917. The maximum Gasteiger partial charge on any atom is 0.362 e. The van der Waals surface area contributed by atoms with Gasteiger partial charge in [0.15, 0.2) is 0 Å². The first-order chi connectivity index (χ1) is 11.9. The second-order valence-electron chi connectivity index (χ2n) is 5.79. The topological polar surface area (TPSA) is 21.3 Å². The Morgan fingerprint density at radius 3 is 1.67 bits per heavy atom. The highest BCUT2D eigenvalue weighted by molar-refractivity contribution is 6.80. The van der Waals surface area contributed by atoms with E-state index in [-0.39, 0.29) is 13.0 Å². The van der Waals surface area contributed by atoms with Crippen LogP contribution in [0, 0.1) is 0 Å². The molecule has 0 bridgehead atoms. The summed E-state index contributed by atoms with van der Waals surface area (Å²) in [5.74, 6) is 0. The minimum Gasteiger partial charge on any atom is -0.419 e. The van der Waals surface area contributed by atoms with Gasteiger partial charge in [0.25, 0.3) is 0 Å². The summed E-state index contributed by atoms with van der Waals surface area (Å²) in [5.41, 5.74) is 3.52. The fourth-order valence-corrected chi connectivity index (χ4v) is 2.87. The van der Waals surface area contributed by atoms with E-state index in [9.17, 15) is 0 Å². The Bertz CT molecular complexity index is 679. The number of rotatable bonds is 7. The smallest absolute Gasteiger partial charge is 0.362 e. The van der Waals surface area contributed by atoms with E-state index in [2.05, 4.69) is 78.1 Å². The van der Waals surface area contributed by atoms with E-state index in [4.69, 9.17) is 4.65 Å². The van der Waals surface area contributed by atoms with Gasteiger partial charge in [-0.2, -0.15) is 0 Å². The third-order valence-electron chi connectivity index (χ3n) is 4.07. The molecule has 1 atom stereocenters. The predicted octanol–water partition coefficient (Wildman–Crippen LogP) is 2.77. The number of hydrogen-bond acceptors (Lipinski definition) is 2. The Labute approximate surface area is 144 Å². The normalized spacial score (nSPS) is 11.9. The number of likely N-dealkylation sites (N-methyl/N-ethyl adjacent to an activating group) is 1. The molecular weight excluding hydrogens is 293 g/mol. The Morgan fingerprint density at radius 2 is 1.21 bits per heavy atom. The monoisotopic (exact) mass is 315 g/mol. The highest BCUT2D eigenvalue weighted by atomic mass is 16.4. The van der Waals surface area contributed by atoms with E-state index >= 15 is 0 Å². The van der Waals surface area contributed by atoms with Crippen molar-refractivity contribution in [3.63, 3.8) is 0 Å². The van der Waals surface area contributed by atoms with E-state index in [1.54, 1.807) is 0 Å². The second-order valence-corrected chi connectivity index (χ2v) is 5.79. The predicted molar refractivity (Wildman–Crippen MR) is 102 cm³/mol. The summed E-state index contributed by atoms with van der Waals surface area (Å²) in [7, 11) is 1.96. The molecule has 3 aromatic carbocycles. The van der Waals surface area contributed by atoms with Gasteiger partial charge in [-0.25, -0.2) is 0 Å². The summed E-state index contributed by atoms with van der Waals surface area (Å²) >= 11 is 0. The SMILES string of the molecule is CNC[C@H](OB(c1ccccc1)c1ccccc1)c1ccccc1. The van der Waals surface area contributed by atoms with Crippen LogP contribution >= 0.6 is 0 Å². The fourth-order valence-electron chi connectivity index (χ4n) is 2.87. The van der Waals surface area contributed by atoms with E-state index in [0.29, 0.717) is 0 Å². The first-order valence-electron chi connectivity index (χ1n) is 8.33. The molecule has 1 N–H and O–H groups in total. The Hall–Kier alpha value is -2.36. The molecule has 0 fully saturated rings. The first kappa shape index (κ1) is 16.5. The summed E-state index contributed by atoms with van der Waals surface area (Å²) in [6, 6.07) is 31.2. The van der Waals surface area contributed by atoms with Gasteiger partial charge in [0.05, 0.1) is 6.10 Å². The molecule has 0 spiro atoms. The fraction of sp³-hybridized carbons (Fsp3) is 0.143. The first-order valence-corrected chi connectivity index (χ1v) is 8.33. The largest absolute Gasteiger partial charge is 0.419 e. The maximum atomic E-state index is 6.59. The van der Waals surface area contributed by atoms with Crippen LogP contribution in [0.5, 0.6) is 0 Å². The van der Waals surface area contributed by atoms with Crippen molar-refractivity contribution < 1.29 is 4.65 Å². The van der Waals surface area contributed by atoms with Gasteiger partial charge >= 0.3 is 6.92 Å². The summed E-state index contributed by atoms with van der Waals surface area (Å²) in [5, 5.41) is 3.25. The maximum absolute atomic E-state index is 6.59. The van der Waals surface area contributed by atoms with Crippen LogP contribution in [0.3, 0.4) is 0 Å². The second kappa shape index (κ2) is 8.48. The van der Waals surface area contributed by atoms with Crippen LogP contribution in [0.25, 0.3) is 0 Å². The van der Waals surface area contributed by atoms with Crippen molar-refractivity contribution in [1.82, 2.24) is 5.32 Å². The molecule has 3 aromatic rings. The van der Waals surface area contributed by atoms with Crippen molar-refractivity contribution in [1.29, 1.82) is 0 Å². The van der Waals surface area contributed by atoms with Crippen molar-refractivity contribution in [2.45, 2.75) is 6.10 Å². The molecule has 0 saturated heterocycles. The molecule has 0 amide bonds. The van der Waals surface area contributed by atoms with Crippen LogP contribution < -0.4 is 16.2 Å². The van der Waals surface area contributed by atoms with E-state index in [1.807, 2.05) is 25.2 Å². The molecule has 3 heteroatoms. The quantitative estimate of drug-likeness (QED) is 0.677. The summed E-state index contributed by atoms with van der Waals surface area (Å²) in [6.45, 7) is 0.672. The molecule has 0 radical (unpaired) electrons. The van der Waals surface area contributed by atoms with E-state index < -0.39 is 0 Å². The van der Waals surface area contributed by atoms with Gasteiger partial charge in [-0.3, -0.25) is 0 Å². The standard InChI is InChI=1S/C21H22BNO/c1-23-17-21(18-11-5-2-6-12-18)24-22(19-13-7-3-8-14-19)20-15-9-4-10-16-20/h2-16,21,23H,17H2,1H3/t21-/m0/s1. The zero-order chi connectivity index (χ0) is 16.6. The molecule has 0 aliphatic rings. The highest BCUT2D eigenvalue weighted by Gasteiger charge is 2.25. The van der Waals surface area contributed by atoms with E-state index in [0.717, 1.165) is 6.54 Å². The molecular formula is C21H22BNO. The van der Waals surface area contributed by atoms with Crippen LogP contribution in [-0.2, 0) is 4.65 Å². The number of hydrogen-bond donors (Lipinski definition) is 1.